The molecule has 0 N–H and O–H groups in total. The fourth-order valence-corrected chi connectivity index (χ4v) is 4.95. The first-order valence-electron chi connectivity index (χ1n) is 9.09. The van der Waals surface area contributed by atoms with Crippen LogP contribution in [-0.4, -0.2) is 86.5 Å². The van der Waals surface area contributed by atoms with Crippen LogP contribution >= 0.6 is 0 Å². The van der Waals surface area contributed by atoms with Crippen LogP contribution in [0.4, 0.5) is 0 Å². The average Bonchev–Trinajstić information content (AvgIpc) is 2.67. The number of rotatable bonds is 4. The van der Waals surface area contributed by atoms with Crippen molar-refractivity contribution in [3.05, 3.63) is 30.3 Å². The topological polar surface area (TPSA) is 70.2 Å². The SMILES string of the molecule is C[C@@H]1CN([C@H](C)C(=O)N2CCN(S(=O)(=O)c3ccccc3)CC2)CCO1. The number of morpholine rings is 1. The Balaban J connectivity index is 1.59. The van der Waals surface area contributed by atoms with Gasteiger partial charge in [0.1, 0.15) is 0 Å². The van der Waals surface area contributed by atoms with E-state index in [9.17, 15) is 13.2 Å². The van der Waals surface area contributed by atoms with Gasteiger partial charge in [-0.05, 0) is 26.0 Å². The summed E-state index contributed by atoms with van der Waals surface area (Å²) in [5, 5.41) is 0. The molecule has 2 saturated heterocycles. The van der Waals surface area contributed by atoms with Gasteiger partial charge in [0.05, 0.1) is 23.6 Å². The zero-order valence-electron chi connectivity index (χ0n) is 15.4. The van der Waals surface area contributed by atoms with Crippen LogP contribution in [0.1, 0.15) is 13.8 Å². The van der Waals surface area contributed by atoms with Gasteiger partial charge < -0.3 is 9.64 Å². The van der Waals surface area contributed by atoms with Crippen LogP contribution < -0.4 is 0 Å². The van der Waals surface area contributed by atoms with Crippen molar-refractivity contribution >= 4 is 15.9 Å². The molecule has 2 aliphatic rings. The van der Waals surface area contributed by atoms with Crippen LogP contribution in [0.25, 0.3) is 0 Å². The van der Waals surface area contributed by atoms with E-state index in [0.29, 0.717) is 37.7 Å². The molecular weight excluding hydrogens is 354 g/mol. The smallest absolute Gasteiger partial charge is 0.243 e. The molecule has 1 aromatic rings. The molecule has 1 aromatic carbocycles. The maximum atomic E-state index is 12.8. The first-order chi connectivity index (χ1) is 12.4. The minimum Gasteiger partial charge on any atom is -0.376 e. The van der Waals surface area contributed by atoms with Crippen molar-refractivity contribution in [2.45, 2.75) is 30.9 Å². The second-order valence-electron chi connectivity index (χ2n) is 6.89. The largest absolute Gasteiger partial charge is 0.376 e. The molecule has 0 saturated carbocycles. The van der Waals surface area contributed by atoms with Gasteiger partial charge in [0.2, 0.25) is 15.9 Å². The second-order valence-corrected chi connectivity index (χ2v) is 8.83. The molecule has 2 atom stereocenters. The van der Waals surface area contributed by atoms with E-state index in [4.69, 9.17) is 4.74 Å². The van der Waals surface area contributed by atoms with Gasteiger partial charge in [-0.3, -0.25) is 9.69 Å². The van der Waals surface area contributed by atoms with Crippen molar-refractivity contribution in [1.82, 2.24) is 14.1 Å². The standard InChI is InChI=1S/C18H27N3O4S/c1-15-14-20(12-13-25-15)16(2)18(22)19-8-10-21(11-9-19)26(23,24)17-6-4-3-5-7-17/h3-7,15-16H,8-14H2,1-2H3/t15-,16-/m1/s1. The van der Waals surface area contributed by atoms with Crippen molar-refractivity contribution < 1.29 is 17.9 Å². The minimum atomic E-state index is -3.49. The molecule has 2 heterocycles. The van der Waals surface area contributed by atoms with Crippen molar-refractivity contribution in [2.24, 2.45) is 0 Å². The van der Waals surface area contributed by atoms with Gasteiger partial charge in [-0.2, -0.15) is 4.31 Å². The lowest BCUT2D eigenvalue weighted by Crippen LogP contribution is -2.57. The van der Waals surface area contributed by atoms with Crippen molar-refractivity contribution in [1.29, 1.82) is 0 Å². The number of carbonyl (C=O) groups is 1. The summed E-state index contributed by atoms with van der Waals surface area (Å²) >= 11 is 0. The highest BCUT2D eigenvalue weighted by atomic mass is 32.2. The van der Waals surface area contributed by atoms with Crippen LogP contribution in [0.3, 0.4) is 0 Å². The fraction of sp³-hybridized carbons (Fsp3) is 0.611. The van der Waals surface area contributed by atoms with E-state index in [1.54, 1.807) is 35.2 Å². The third kappa shape index (κ3) is 4.09. The molecule has 144 valence electrons. The number of benzene rings is 1. The second kappa shape index (κ2) is 8.04. The third-order valence-electron chi connectivity index (χ3n) is 5.11. The summed E-state index contributed by atoms with van der Waals surface area (Å²) in [5.74, 6) is 0.0656. The number of ether oxygens (including phenoxy) is 1. The summed E-state index contributed by atoms with van der Waals surface area (Å²) in [6.07, 6.45) is 0.131. The molecule has 0 aromatic heterocycles. The number of piperazine rings is 1. The molecule has 0 unspecified atom stereocenters. The number of carbonyl (C=O) groups excluding carboxylic acids is 1. The summed E-state index contributed by atoms with van der Waals surface area (Å²) < 4.78 is 32.4. The first-order valence-corrected chi connectivity index (χ1v) is 10.5. The van der Waals surface area contributed by atoms with Crippen molar-refractivity contribution in [3.63, 3.8) is 0 Å². The predicted octanol–water partition coefficient (Wildman–Crippen LogP) is 0.629. The van der Waals surface area contributed by atoms with Gasteiger partial charge in [0.15, 0.2) is 0 Å². The Bertz CT molecular complexity index is 717. The molecule has 2 fully saturated rings. The van der Waals surface area contributed by atoms with Crippen molar-refractivity contribution in [2.75, 3.05) is 45.9 Å². The number of hydrogen-bond donors (Lipinski definition) is 0. The van der Waals surface area contributed by atoms with E-state index in [0.717, 1.165) is 13.1 Å². The Kier molecular flexibility index (Phi) is 5.96. The third-order valence-corrected chi connectivity index (χ3v) is 7.02. The van der Waals surface area contributed by atoms with Gasteiger partial charge in [-0.25, -0.2) is 8.42 Å². The van der Waals surface area contributed by atoms with Crippen LogP contribution in [0.15, 0.2) is 35.2 Å². The molecular formula is C18H27N3O4S. The molecule has 1 amide bonds. The van der Waals surface area contributed by atoms with Gasteiger partial charge in [0, 0.05) is 39.3 Å². The molecule has 0 bridgehead atoms. The summed E-state index contributed by atoms with van der Waals surface area (Å²) in [7, 11) is -3.49. The average molecular weight is 381 g/mol. The molecule has 7 nitrogen and oxygen atoms in total. The maximum absolute atomic E-state index is 12.8. The van der Waals surface area contributed by atoms with E-state index in [1.807, 2.05) is 13.8 Å². The van der Waals surface area contributed by atoms with Gasteiger partial charge in [-0.15, -0.1) is 0 Å². The van der Waals surface area contributed by atoms with Crippen molar-refractivity contribution in [3.8, 4) is 0 Å². The predicted molar refractivity (Wildman–Crippen MR) is 98.2 cm³/mol. The number of hydrogen-bond acceptors (Lipinski definition) is 5. The zero-order valence-corrected chi connectivity index (χ0v) is 16.2. The Morgan fingerprint density at radius 3 is 2.38 bits per heavy atom. The Hall–Kier alpha value is -1.48. The Labute approximate surface area is 155 Å². The Morgan fingerprint density at radius 2 is 1.77 bits per heavy atom. The van der Waals surface area contributed by atoms with Gasteiger partial charge in [0.25, 0.3) is 0 Å². The summed E-state index contributed by atoms with van der Waals surface area (Å²) in [5.41, 5.74) is 0. The summed E-state index contributed by atoms with van der Waals surface area (Å²) in [6.45, 7) is 7.58. The fourth-order valence-electron chi connectivity index (χ4n) is 3.51. The van der Waals surface area contributed by atoms with Gasteiger partial charge >= 0.3 is 0 Å². The van der Waals surface area contributed by atoms with Crippen LogP contribution in [-0.2, 0) is 19.6 Å². The van der Waals surface area contributed by atoms with E-state index in [2.05, 4.69) is 4.90 Å². The highest BCUT2D eigenvalue weighted by molar-refractivity contribution is 7.89. The van der Waals surface area contributed by atoms with E-state index >= 15 is 0 Å². The van der Waals surface area contributed by atoms with Gasteiger partial charge in [-0.1, -0.05) is 18.2 Å². The molecule has 3 rings (SSSR count). The minimum absolute atomic E-state index is 0.0656. The quantitative estimate of drug-likeness (QED) is 0.765. The molecule has 2 aliphatic heterocycles. The number of amides is 1. The van der Waals surface area contributed by atoms with Crippen LogP contribution in [0.2, 0.25) is 0 Å². The van der Waals surface area contributed by atoms with Crippen LogP contribution in [0, 0.1) is 0 Å². The highest BCUT2D eigenvalue weighted by Gasteiger charge is 2.33. The number of sulfonamides is 1. The lowest BCUT2D eigenvalue weighted by atomic mass is 10.2. The highest BCUT2D eigenvalue weighted by Crippen LogP contribution is 2.18. The Morgan fingerprint density at radius 1 is 1.12 bits per heavy atom. The van der Waals surface area contributed by atoms with E-state index in [1.165, 1.54) is 4.31 Å². The summed E-state index contributed by atoms with van der Waals surface area (Å²) in [6, 6.07) is 8.24. The molecule has 0 spiro atoms. The molecule has 0 radical (unpaired) electrons. The number of nitrogens with zero attached hydrogens (tertiary/aromatic N) is 3. The maximum Gasteiger partial charge on any atom is 0.243 e. The van der Waals surface area contributed by atoms with E-state index in [-0.39, 0.29) is 18.1 Å². The van der Waals surface area contributed by atoms with E-state index < -0.39 is 10.0 Å². The molecule has 0 aliphatic carbocycles. The molecule has 8 heteroatoms. The zero-order chi connectivity index (χ0) is 18.7. The summed E-state index contributed by atoms with van der Waals surface area (Å²) in [4.78, 5) is 17.0. The first kappa shape index (κ1) is 19.3. The normalized spacial score (nSPS) is 24.4. The lowest BCUT2D eigenvalue weighted by Gasteiger charge is -2.39. The molecule has 26 heavy (non-hydrogen) atoms. The van der Waals surface area contributed by atoms with Crippen LogP contribution in [0.5, 0.6) is 0 Å². The lowest BCUT2D eigenvalue weighted by molar-refractivity contribution is -0.140. The monoisotopic (exact) mass is 381 g/mol.